The molecule has 0 radical (unpaired) electrons. The number of sulfonamides is 1. The van der Waals surface area contributed by atoms with Crippen LogP contribution in [-0.2, 0) is 16.4 Å². The predicted octanol–water partition coefficient (Wildman–Crippen LogP) is 4.76. The van der Waals surface area contributed by atoms with Gasteiger partial charge in [0.1, 0.15) is 0 Å². The highest BCUT2D eigenvalue weighted by molar-refractivity contribution is 7.92. The van der Waals surface area contributed by atoms with Gasteiger partial charge in [0.2, 0.25) is 0 Å². The molecular weight excluding hydrogens is 420 g/mol. The summed E-state index contributed by atoms with van der Waals surface area (Å²) in [6.07, 6.45) is 0.798. The zero-order valence-electron chi connectivity index (χ0n) is 16.6. The molecule has 5 nitrogen and oxygen atoms in total. The summed E-state index contributed by atoms with van der Waals surface area (Å²) in [7, 11) is -2.31. The van der Waals surface area contributed by atoms with Crippen LogP contribution in [-0.4, -0.2) is 27.4 Å². The number of para-hydroxylation sites is 1. The quantitative estimate of drug-likeness (QED) is 0.587. The Morgan fingerprint density at radius 1 is 1.03 bits per heavy atom. The number of benzene rings is 3. The minimum Gasteiger partial charge on any atom is -0.305 e. The first-order chi connectivity index (χ1) is 14.3. The van der Waals surface area contributed by atoms with Crippen LogP contribution in [0.2, 0.25) is 5.02 Å². The molecule has 1 amide bonds. The Labute approximate surface area is 181 Å². The Kier molecular flexibility index (Phi) is 5.30. The lowest BCUT2D eigenvalue weighted by Crippen LogP contribution is -2.36. The van der Waals surface area contributed by atoms with E-state index in [0.29, 0.717) is 16.3 Å². The van der Waals surface area contributed by atoms with Crippen LogP contribution in [0.25, 0.3) is 0 Å². The van der Waals surface area contributed by atoms with Gasteiger partial charge in [0.15, 0.2) is 0 Å². The molecule has 0 saturated carbocycles. The van der Waals surface area contributed by atoms with Gasteiger partial charge in [-0.15, -0.1) is 0 Å². The maximum Gasteiger partial charge on any atom is 0.264 e. The molecule has 0 N–H and O–H groups in total. The molecule has 1 aliphatic heterocycles. The summed E-state index contributed by atoms with van der Waals surface area (Å²) in [4.78, 5) is 15.2. The molecule has 154 valence electrons. The van der Waals surface area contributed by atoms with E-state index in [4.69, 9.17) is 11.6 Å². The van der Waals surface area contributed by atoms with Crippen molar-refractivity contribution in [1.29, 1.82) is 0 Å². The summed E-state index contributed by atoms with van der Waals surface area (Å²) in [5.74, 6) is -0.147. The van der Waals surface area contributed by atoms with Crippen LogP contribution in [0.15, 0.2) is 77.7 Å². The smallest absolute Gasteiger partial charge is 0.264 e. The van der Waals surface area contributed by atoms with E-state index in [2.05, 4.69) is 0 Å². The normalized spacial score (nSPS) is 15.7. The summed E-state index contributed by atoms with van der Waals surface area (Å²) in [6, 6.07) is 20.6. The molecule has 0 bridgehead atoms. The van der Waals surface area contributed by atoms with Crippen molar-refractivity contribution < 1.29 is 13.2 Å². The number of amides is 1. The third-order valence-corrected chi connectivity index (χ3v) is 7.41. The maximum atomic E-state index is 13.3. The Hall–Kier alpha value is -2.83. The lowest BCUT2D eigenvalue weighted by atomic mass is 10.1. The molecule has 0 saturated heterocycles. The first kappa shape index (κ1) is 20.4. The lowest BCUT2D eigenvalue weighted by molar-refractivity contribution is 0.0981. The Morgan fingerprint density at radius 2 is 1.73 bits per heavy atom. The molecule has 1 heterocycles. The fraction of sp³-hybridized carbons (Fsp3) is 0.174. The van der Waals surface area contributed by atoms with Crippen molar-refractivity contribution in [2.75, 3.05) is 16.3 Å². The summed E-state index contributed by atoms with van der Waals surface area (Å²) in [5.41, 5.74) is 2.89. The van der Waals surface area contributed by atoms with Gasteiger partial charge in [-0.3, -0.25) is 9.10 Å². The summed E-state index contributed by atoms with van der Waals surface area (Å²) >= 11 is 5.87. The molecular formula is C23H21ClN2O3S. The van der Waals surface area contributed by atoms with Crippen molar-refractivity contribution >= 4 is 38.9 Å². The van der Waals surface area contributed by atoms with E-state index in [1.807, 2.05) is 31.2 Å². The predicted molar refractivity (Wildman–Crippen MR) is 120 cm³/mol. The number of fused-ring (bicyclic) bond motifs is 1. The monoisotopic (exact) mass is 440 g/mol. The first-order valence-electron chi connectivity index (χ1n) is 9.55. The van der Waals surface area contributed by atoms with E-state index >= 15 is 0 Å². The lowest BCUT2D eigenvalue weighted by Gasteiger charge is -2.24. The van der Waals surface area contributed by atoms with Gasteiger partial charge < -0.3 is 4.90 Å². The molecule has 1 aliphatic rings. The zero-order valence-corrected chi connectivity index (χ0v) is 18.2. The number of carbonyl (C=O) groups excluding carboxylic acids is 1. The summed E-state index contributed by atoms with van der Waals surface area (Å²) in [5, 5.41) is 0.462. The number of anilines is 2. The van der Waals surface area contributed by atoms with Crippen molar-refractivity contribution in [3.63, 3.8) is 0 Å². The highest BCUT2D eigenvalue weighted by Gasteiger charge is 2.31. The third-order valence-electron chi connectivity index (χ3n) is 5.35. The average Bonchev–Trinajstić information content (AvgIpc) is 3.08. The number of halogens is 1. The molecule has 4 rings (SSSR count). The number of rotatable bonds is 4. The number of hydrogen-bond donors (Lipinski definition) is 0. The van der Waals surface area contributed by atoms with Crippen LogP contribution in [0.3, 0.4) is 0 Å². The van der Waals surface area contributed by atoms with Gasteiger partial charge in [0.25, 0.3) is 15.9 Å². The minimum atomic E-state index is -3.78. The minimum absolute atomic E-state index is 0.0362. The average molecular weight is 441 g/mol. The Balaban J connectivity index is 1.66. The fourth-order valence-corrected chi connectivity index (χ4v) is 5.07. The van der Waals surface area contributed by atoms with Crippen LogP contribution >= 0.6 is 11.6 Å². The molecule has 0 aliphatic carbocycles. The van der Waals surface area contributed by atoms with Crippen molar-refractivity contribution in [3.05, 3.63) is 88.9 Å². The van der Waals surface area contributed by atoms with Gasteiger partial charge in [-0.2, -0.15) is 0 Å². The summed E-state index contributed by atoms with van der Waals surface area (Å²) in [6.45, 7) is 2.01. The van der Waals surface area contributed by atoms with Gasteiger partial charge in [-0.05, 0) is 67.4 Å². The van der Waals surface area contributed by atoms with Crippen LogP contribution < -0.4 is 9.21 Å². The Bertz CT molecular complexity index is 1210. The van der Waals surface area contributed by atoms with Crippen molar-refractivity contribution in [1.82, 2.24) is 0 Å². The van der Waals surface area contributed by atoms with Gasteiger partial charge in [0.05, 0.1) is 10.6 Å². The molecule has 3 aromatic rings. The molecule has 3 aromatic carbocycles. The number of carbonyl (C=O) groups is 1. The second-order valence-corrected chi connectivity index (χ2v) is 9.74. The molecule has 1 atom stereocenters. The molecule has 0 aromatic heterocycles. The Morgan fingerprint density at radius 3 is 2.47 bits per heavy atom. The highest BCUT2D eigenvalue weighted by Crippen LogP contribution is 2.33. The van der Waals surface area contributed by atoms with Crippen molar-refractivity contribution in [3.8, 4) is 0 Å². The molecule has 0 unspecified atom stereocenters. The molecule has 0 spiro atoms. The standard InChI is InChI=1S/C23H21ClN2O3S/c1-16-14-17-6-3-4-9-22(17)26(16)23(27)18-7-5-8-20(15-18)25(2)30(28,29)21-12-10-19(24)11-13-21/h3-13,15-16H,14H2,1-2H3/t16-/m0/s1. The number of hydrogen-bond acceptors (Lipinski definition) is 3. The third kappa shape index (κ3) is 3.57. The molecule has 0 fully saturated rings. The fourth-order valence-electron chi connectivity index (χ4n) is 3.75. The van der Waals surface area contributed by atoms with Gasteiger partial charge in [-0.25, -0.2) is 8.42 Å². The highest BCUT2D eigenvalue weighted by atomic mass is 35.5. The van der Waals surface area contributed by atoms with Crippen LogP contribution in [0.4, 0.5) is 11.4 Å². The van der Waals surface area contributed by atoms with Crippen molar-refractivity contribution in [2.45, 2.75) is 24.3 Å². The maximum absolute atomic E-state index is 13.3. The van der Waals surface area contributed by atoms with E-state index < -0.39 is 10.0 Å². The van der Waals surface area contributed by atoms with Gasteiger partial charge in [-0.1, -0.05) is 35.9 Å². The van der Waals surface area contributed by atoms with E-state index in [1.54, 1.807) is 29.2 Å². The SMILES string of the molecule is C[C@H]1Cc2ccccc2N1C(=O)c1cccc(N(C)S(=O)(=O)c2ccc(Cl)cc2)c1. The van der Waals surface area contributed by atoms with Gasteiger partial charge >= 0.3 is 0 Å². The number of nitrogens with zero attached hydrogens (tertiary/aromatic N) is 2. The zero-order chi connectivity index (χ0) is 21.5. The second-order valence-electron chi connectivity index (χ2n) is 7.33. The van der Waals surface area contributed by atoms with E-state index in [1.165, 1.54) is 35.6 Å². The topological polar surface area (TPSA) is 57.7 Å². The molecule has 30 heavy (non-hydrogen) atoms. The van der Waals surface area contributed by atoms with Crippen molar-refractivity contribution in [2.24, 2.45) is 0 Å². The van der Waals surface area contributed by atoms with Crippen LogP contribution in [0.5, 0.6) is 0 Å². The van der Waals surface area contributed by atoms with E-state index in [-0.39, 0.29) is 16.8 Å². The molecule has 7 heteroatoms. The van der Waals surface area contributed by atoms with Gasteiger partial charge in [0, 0.05) is 29.4 Å². The second kappa shape index (κ2) is 7.78. The largest absolute Gasteiger partial charge is 0.305 e. The first-order valence-corrected chi connectivity index (χ1v) is 11.4. The summed E-state index contributed by atoms with van der Waals surface area (Å²) < 4.78 is 27.1. The van der Waals surface area contributed by atoms with Crippen LogP contribution in [0, 0.1) is 0 Å². The van der Waals surface area contributed by atoms with E-state index in [0.717, 1.165) is 17.7 Å². The van der Waals surface area contributed by atoms with Crippen LogP contribution in [0.1, 0.15) is 22.8 Å². The van der Waals surface area contributed by atoms with E-state index in [9.17, 15) is 13.2 Å².